The number of methoxy groups -OCH3 is 2. The van der Waals surface area contributed by atoms with Crippen LogP contribution in [0.5, 0.6) is 0 Å². The number of benzene rings is 1. The quantitative estimate of drug-likeness (QED) is 0.872. The molecule has 0 radical (unpaired) electrons. The molecule has 1 aromatic heterocycles. The van der Waals surface area contributed by atoms with Gasteiger partial charge in [0, 0.05) is 16.6 Å². The number of hydrogen-bond acceptors (Lipinski definition) is 5. The van der Waals surface area contributed by atoms with Crippen LogP contribution in [0.15, 0.2) is 24.3 Å². The number of carbonyl (C=O) groups excluding carboxylic acids is 2. The van der Waals surface area contributed by atoms with Gasteiger partial charge in [-0.05, 0) is 44.5 Å². The SMILES string of the molecule is COC(=O)CN1CCC[C@]1(C)c1cc2c(C(=O)OC)cccc2[nH]1. The predicted octanol–water partition coefficient (Wildman–Crippen LogP) is 2.44. The van der Waals surface area contributed by atoms with Crippen molar-refractivity contribution < 1.29 is 19.1 Å². The van der Waals surface area contributed by atoms with Crippen molar-refractivity contribution in [3.8, 4) is 0 Å². The Morgan fingerprint density at radius 2 is 2.08 bits per heavy atom. The normalized spacial score (nSPS) is 21.1. The fourth-order valence-electron chi connectivity index (χ4n) is 3.53. The lowest BCUT2D eigenvalue weighted by molar-refractivity contribution is -0.143. The van der Waals surface area contributed by atoms with E-state index in [4.69, 9.17) is 9.47 Å². The molecule has 0 unspecified atom stereocenters. The third-order valence-electron chi connectivity index (χ3n) is 4.99. The van der Waals surface area contributed by atoms with E-state index in [2.05, 4.69) is 16.8 Å². The number of ether oxygens (including phenoxy) is 2. The van der Waals surface area contributed by atoms with Gasteiger partial charge in [0.05, 0.1) is 31.9 Å². The Bertz CT molecular complexity index is 782. The molecule has 6 nitrogen and oxygen atoms in total. The molecule has 0 amide bonds. The molecule has 0 spiro atoms. The summed E-state index contributed by atoms with van der Waals surface area (Å²) in [6, 6.07) is 7.53. The Kier molecular flexibility index (Phi) is 4.32. The van der Waals surface area contributed by atoms with Crippen molar-refractivity contribution in [2.24, 2.45) is 0 Å². The lowest BCUT2D eigenvalue weighted by Crippen LogP contribution is -2.42. The van der Waals surface area contributed by atoms with Gasteiger partial charge in [-0.2, -0.15) is 0 Å². The van der Waals surface area contributed by atoms with Crippen LogP contribution in [0.1, 0.15) is 35.8 Å². The fourth-order valence-corrected chi connectivity index (χ4v) is 3.53. The molecule has 1 atom stereocenters. The second-order valence-corrected chi connectivity index (χ2v) is 6.32. The van der Waals surface area contributed by atoms with E-state index in [1.807, 2.05) is 18.2 Å². The van der Waals surface area contributed by atoms with Crippen LogP contribution in [-0.2, 0) is 19.8 Å². The molecule has 24 heavy (non-hydrogen) atoms. The molecule has 1 aromatic carbocycles. The van der Waals surface area contributed by atoms with Crippen LogP contribution >= 0.6 is 0 Å². The van der Waals surface area contributed by atoms with Crippen molar-refractivity contribution in [1.82, 2.24) is 9.88 Å². The number of aromatic nitrogens is 1. The number of rotatable bonds is 4. The molecule has 1 aliphatic heterocycles. The topological polar surface area (TPSA) is 71.6 Å². The summed E-state index contributed by atoms with van der Waals surface area (Å²) < 4.78 is 9.68. The minimum atomic E-state index is -0.353. The molecule has 0 saturated carbocycles. The summed E-state index contributed by atoms with van der Waals surface area (Å²) in [4.78, 5) is 29.2. The Labute approximate surface area is 140 Å². The molecule has 0 aliphatic carbocycles. The molecular formula is C18H22N2O4. The number of fused-ring (bicyclic) bond motifs is 1. The largest absolute Gasteiger partial charge is 0.468 e. The molecular weight excluding hydrogens is 308 g/mol. The van der Waals surface area contributed by atoms with Gasteiger partial charge in [-0.3, -0.25) is 9.69 Å². The highest BCUT2D eigenvalue weighted by Crippen LogP contribution is 2.39. The maximum atomic E-state index is 12.0. The van der Waals surface area contributed by atoms with E-state index in [9.17, 15) is 9.59 Å². The molecule has 2 heterocycles. The average molecular weight is 330 g/mol. The van der Waals surface area contributed by atoms with Crippen LogP contribution in [0.3, 0.4) is 0 Å². The molecule has 2 aromatic rings. The molecule has 1 aliphatic rings. The van der Waals surface area contributed by atoms with E-state index in [-0.39, 0.29) is 24.0 Å². The summed E-state index contributed by atoms with van der Waals surface area (Å²) >= 11 is 0. The van der Waals surface area contributed by atoms with Crippen molar-refractivity contribution >= 4 is 22.8 Å². The second-order valence-electron chi connectivity index (χ2n) is 6.32. The first-order valence-electron chi connectivity index (χ1n) is 8.02. The summed E-state index contributed by atoms with van der Waals surface area (Å²) in [6.07, 6.45) is 1.94. The van der Waals surface area contributed by atoms with Crippen LogP contribution < -0.4 is 0 Å². The van der Waals surface area contributed by atoms with Crippen molar-refractivity contribution in [2.75, 3.05) is 27.3 Å². The van der Waals surface area contributed by atoms with Crippen molar-refractivity contribution in [3.63, 3.8) is 0 Å². The monoisotopic (exact) mass is 330 g/mol. The van der Waals surface area contributed by atoms with Crippen LogP contribution in [-0.4, -0.2) is 49.1 Å². The second kappa shape index (κ2) is 6.28. The van der Waals surface area contributed by atoms with E-state index in [0.29, 0.717) is 5.56 Å². The van der Waals surface area contributed by atoms with E-state index in [0.717, 1.165) is 36.0 Å². The number of carbonyl (C=O) groups is 2. The van der Waals surface area contributed by atoms with E-state index < -0.39 is 0 Å². The van der Waals surface area contributed by atoms with Crippen LogP contribution in [0, 0.1) is 0 Å². The zero-order chi connectivity index (χ0) is 17.3. The van der Waals surface area contributed by atoms with Gasteiger partial charge in [0.2, 0.25) is 0 Å². The number of nitrogens with zero attached hydrogens (tertiary/aromatic N) is 1. The molecule has 3 rings (SSSR count). The van der Waals surface area contributed by atoms with Gasteiger partial charge in [0.15, 0.2) is 0 Å². The first kappa shape index (κ1) is 16.5. The van der Waals surface area contributed by atoms with Gasteiger partial charge in [-0.25, -0.2) is 4.79 Å². The summed E-state index contributed by atoms with van der Waals surface area (Å²) in [6.45, 7) is 3.21. The highest BCUT2D eigenvalue weighted by molar-refractivity contribution is 6.04. The average Bonchev–Trinajstić information content (AvgIpc) is 3.18. The summed E-state index contributed by atoms with van der Waals surface area (Å²) in [5.74, 6) is -0.594. The number of H-pyrrole nitrogens is 1. The van der Waals surface area contributed by atoms with Crippen molar-refractivity contribution in [3.05, 3.63) is 35.5 Å². The predicted molar refractivity (Wildman–Crippen MR) is 89.8 cm³/mol. The third kappa shape index (κ3) is 2.67. The Morgan fingerprint density at radius 3 is 2.79 bits per heavy atom. The molecule has 1 saturated heterocycles. The van der Waals surface area contributed by atoms with Crippen LogP contribution in [0.4, 0.5) is 0 Å². The molecule has 1 fully saturated rings. The summed E-state index contributed by atoms with van der Waals surface area (Å²) in [7, 11) is 2.78. The van der Waals surface area contributed by atoms with Gasteiger partial charge in [-0.15, -0.1) is 0 Å². The maximum absolute atomic E-state index is 12.0. The smallest absolute Gasteiger partial charge is 0.338 e. The lowest BCUT2D eigenvalue weighted by Gasteiger charge is -2.33. The van der Waals surface area contributed by atoms with Gasteiger partial charge < -0.3 is 14.5 Å². The number of nitrogens with one attached hydrogen (secondary N) is 1. The minimum Gasteiger partial charge on any atom is -0.468 e. The lowest BCUT2D eigenvalue weighted by atomic mass is 9.94. The maximum Gasteiger partial charge on any atom is 0.338 e. The first-order valence-corrected chi connectivity index (χ1v) is 8.02. The molecule has 6 heteroatoms. The van der Waals surface area contributed by atoms with Gasteiger partial charge in [0.25, 0.3) is 0 Å². The van der Waals surface area contributed by atoms with E-state index in [1.54, 1.807) is 6.07 Å². The van der Waals surface area contributed by atoms with Gasteiger partial charge in [0.1, 0.15) is 0 Å². The van der Waals surface area contributed by atoms with Crippen molar-refractivity contribution in [1.29, 1.82) is 0 Å². The Balaban J connectivity index is 2.02. The van der Waals surface area contributed by atoms with Crippen LogP contribution in [0.2, 0.25) is 0 Å². The standard InChI is InChI=1S/C18H22N2O4/c1-18(8-5-9-20(18)11-16(21)23-2)15-10-13-12(17(22)24-3)6-4-7-14(13)19-15/h4,6-7,10,19H,5,8-9,11H2,1-3H3/t18-/m1/s1. The summed E-state index contributed by atoms with van der Waals surface area (Å²) in [5.41, 5.74) is 2.13. The minimum absolute atomic E-state index is 0.241. The van der Waals surface area contributed by atoms with Crippen molar-refractivity contribution in [2.45, 2.75) is 25.3 Å². The van der Waals surface area contributed by atoms with Crippen LogP contribution in [0.25, 0.3) is 10.9 Å². The molecule has 128 valence electrons. The number of aromatic amines is 1. The zero-order valence-corrected chi connectivity index (χ0v) is 14.2. The highest BCUT2D eigenvalue weighted by atomic mass is 16.5. The molecule has 0 bridgehead atoms. The van der Waals surface area contributed by atoms with E-state index >= 15 is 0 Å². The Morgan fingerprint density at radius 1 is 1.29 bits per heavy atom. The number of likely N-dealkylation sites (tertiary alicyclic amines) is 1. The Hall–Kier alpha value is -2.34. The van der Waals surface area contributed by atoms with Gasteiger partial charge in [-0.1, -0.05) is 6.07 Å². The van der Waals surface area contributed by atoms with Gasteiger partial charge >= 0.3 is 11.9 Å². The fraction of sp³-hybridized carbons (Fsp3) is 0.444. The molecule has 1 N–H and O–H groups in total. The third-order valence-corrected chi connectivity index (χ3v) is 4.99. The number of esters is 2. The zero-order valence-electron chi connectivity index (χ0n) is 14.2. The number of hydrogen-bond donors (Lipinski definition) is 1. The summed E-state index contributed by atoms with van der Waals surface area (Å²) in [5, 5.41) is 0.838. The highest BCUT2D eigenvalue weighted by Gasteiger charge is 2.40. The first-order chi connectivity index (χ1) is 11.5. The van der Waals surface area contributed by atoms with E-state index in [1.165, 1.54) is 14.2 Å².